The van der Waals surface area contributed by atoms with Crippen LogP contribution in [0.25, 0.3) is 0 Å². The van der Waals surface area contributed by atoms with Crippen molar-refractivity contribution >= 4 is 17.4 Å². The molecule has 1 heterocycles. The summed E-state index contributed by atoms with van der Waals surface area (Å²) in [5, 5.41) is 16.6. The van der Waals surface area contributed by atoms with Crippen molar-refractivity contribution in [2.75, 3.05) is 11.6 Å². The fourth-order valence-corrected chi connectivity index (χ4v) is 2.30. The second-order valence-corrected chi connectivity index (χ2v) is 4.64. The molecule has 0 amide bonds. The Kier molecular flexibility index (Phi) is 3.90. The predicted molar refractivity (Wildman–Crippen MR) is 73.5 cm³/mol. The van der Waals surface area contributed by atoms with Crippen LogP contribution < -0.4 is 5.32 Å². The molecule has 0 atom stereocenters. The minimum absolute atomic E-state index is 0.656. The zero-order valence-corrected chi connectivity index (χ0v) is 11.2. The maximum absolute atomic E-state index is 9.22. The molecular formula is C13H14N4S. The zero-order valence-electron chi connectivity index (χ0n) is 10.3. The molecular weight excluding hydrogens is 244 g/mol. The average molecular weight is 258 g/mol. The van der Waals surface area contributed by atoms with E-state index in [-0.39, 0.29) is 0 Å². The molecule has 0 aliphatic carbocycles. The molecule has 2 aromatic rings. The topological polar surface area (TPSA) is 53.6 Å². The van der Waals surface area contributed by atoms with Gasteiger partial charge in [0.2, 0.25) is 0 Å². The van der Waals surface area contributed by atoms with Crippen LogP contribution in [0.2, 0.25) is 0 Å². The summed E-state index contributed by atoms with van der Waals surface area (Å²) in [6, 6.07) is 10.0. The lowest BCUT2D eigenvalue weighted by Gasteiger charge is -2.10. The number of anilines is 1. The maximum atomic E-state index is 9.22. The largest absolute Gasteiger partial charge is 0.378 e. The van der Waals surface area contributed by atoms with Gasteiger partial charge in [-0.25, -0.2) is 0 Å². The molecule has 0 radical (unpaired) electrons. The standard InChI is InChI=1S/C13H14N4S/c1-17-10(6-7-16-17)9-15-12-4-3-5-13(18-2)11(12)8-14/h3-7,15H,9H2,1-2H3. The highest BCUT2D eigenvalue weighted by molar-refractivity contribution is 7.98. The Morgan fingerprint density at radius 3 is 2.89 bits per heavy atom. The van der Waals surface area contributed by atoms with E-state index in [1.165, 1.54) is 0 Å². The molecule has 1 aromatic carbocycles. The van der Waals surface area contributed by atoms with Crippen LogP contribution in [0, 0.1) is 11.3 Å². The minimum Gasteiger partial charge on any atom is -0.378 e. The van der Waals surface area contributed by atoms with Crippen LogP contribution in [0.4, 0.5) is 5.69 Å². The van der Waals surface area contributed by atoms with E-state index in [9.17, 15) is 5.26 Å². The average Bonchev–Trinajstić information content (AvgIpc) is 2.81. The van der Waals surface area contributed by atoms with Crippen molar-refractivity contribution in [3.05, 3.63) is 41.7 Å². The zero-order chi connectivity index (χ0) is 13.0. The maximum Gasteiger partial charge on any atom is 0.102 e. The van der Waals surface area contributed by atoms with Gasteiger partial charge in [0.1, 0.15) is 6.07 Å². The number of benzene rings is 1. The van der Waals surface area contributed by atoms with Gasteiger partial charge in [0.05, 0.1) is 23.5 Å². The summed E-state index contributed by atoms with van der Waals surface area (Å²) in [6.45, 7) is 0.656. The fourth-order valence-electron chi connectivity index (χ4n) is 1.72. The van der Waals surface area contributed by atoms with Crippen molar-refractivity contribution in [3.63, 3.8) is 0 Å². The highest BCUT2D eigenvalue weighted by Gasteiger charge is 2.07. The first-order chi connectivity index (χ1) is 8.76. The molecule has 0 bridgehead atoms. The van der Waals surface area contributed by atoms with Gasteiger partial charge >= 0.3 is 0 Å². The monoisotopic (exact) mass is 258 g/mol. The van der Waals surface area contributed by atoms with E-state index in [2.05, 4.69) is 16.5 Å². The van der Waals surface area contributed by atoms with E-state index in [0.29, 0.717) is 12.1 Å². The van der Waals surface area contributed by atoms with Gasteiger partial charge in [-0.05, 0) is 24.5 Å². The second-order valence-electron chi connectivity index (χ2n) is 3.79. The van der Waals surface area contributed by atoms with Gasteiger partial charge in [0, 0.05) is 18.1 Å². The predicted octanol–water partition coefficient (Wildman–Crippen LogP) is 2.63. The minimum atomic E-state index is 0.656. The molecule has 0 unspecified atom stereocenters. The SMILES string of the molecule is CSc1cccc(NCc2ccnn2C)c1C#N. The summed E-state index contributed by atoms with van der Waals surface area (Å²) in [4.78, 5) is 0.993. The van der Waals surface area contributed by atoms with Gasteiger partial charge in [0.25, 0.3) is 0 Å². The summed E-state index contributed by atoms with van der Waals surface area (Å²) >= 11 is 1.58. The molecule has 5 heteroatoms. The lowest BCUT2D eigenvalue weighted by atomic mass is 10.2. The van der Waals surface area contributed by atoms with Crippen molar-refractivity contribution in [2.24, 2.45) is 7.05 Å². The number of nitrogens with one attached hydrogen (secondary N) is 1. The molecule has 0 spiro atoms. The molecule has 0 fully saturated rings. The number of aromatic nitrogens is 2. The Morgan fingerprint density at radius 1 is 1.44 bits per heavy atom. The van der Waals surface area contributed by atoms with Gasteiger partial charge in [0.15, 0.2) is 0 Å². The summed E-state index contributed by atoms with van der Waals surface area (Å²) in [5.74, 6) is 0. The highest BCUT2D eigenvalue weighted by Crippen LogP contribution is 2.26. The third-order valence-electron chi connectivity index (χ3n) is 2.74. The Morgan fingerprint density at radius 2 is 2.28 bits per heavy atom. The Balaban J connectivity index is 2.20. The van der Waals surface area contributed by atoms with E-state index in [1.807, 2.05) is 42.3 Å². The number of nitriles is 1. The molecule has 2 rings (SSSR count). The lowest BCUT2D eigenvalue weighted by Crippen LogP contribution is -2.06. The highest BCUT2D eigenvalue weighted by atomic mass is 32.2. The first-order valence-electron chi connectivity index (χ1n) is 5.54. The van der Waals surface area contributed by atoms with Crippen molar-refractivity contribution in [3.8, 4) is 6.07 Å². The normalized spacial score (nSPS) is 10.1. The van der Waals surface area contributed by atoms with Crippen molar-refractivity contribution in [2.45, 2.75) is 11.4 Å². The first-order valence-corrected chi connectivity index (χ1v) is 6.76. The molecule has 92 valence electrons. The third-order valence-corrected chi connectivity index (χ3v) is 3.52. The Labute approximate surface area is 111 Å². The van der Waals surface area contributed by atoms with Crippen LogP contribution in [-0.4, -0.2) is 16.0 Å². The summed E-state index contributed by atoms with van der Waals surface area (Å²) in [5.41, 5.74) is 2.64. The van der Waals surface area contributed by atoms with Crippen molar-refractivity contribution in [1.82, 2.24) is 9.78 Å². The summed E-state index contributed by atoms with van der Waals surface area (Å²) in [7, 11) is 1.90. The van der Waals surface area contributed by atoms with Crippen LogP contribution in [-0.2, 0) is 13.6 Å². The molecule has 18 heavy (non-hydrogen) atoms. The van der Waals surface area contributed by atoms with Crippen LogP contribution in [0.5, 0.6) is 0 Å². The quantitative estimate of drug-likeness (QED) is 0.857. The van der Waals surface area contributed by atoms with Gasteiger partial charge in [-0.3, -0.25) is 4.68 Å². The second kappa shape index (κ2) is 5.61. The van der Waals surface area contributed by atoms with E-state index in [1.54, 1.807) is 18.0 Å². The smallest absolute Gasteiger partial charge is 0.102 e. The number of thioether (sulfide) groups is 1. The van der Waals surface area contributed by atoms with Crippen LogP contribution >= 0.6 is 11.8 Å². The Bertz CT molecular complexity index is 583. The molecule has 1 aromatic heterocycles. The Hall–Kier alpha value is -1.93. The molecule has 0 saturated heterocycles. The number of nitrogens with zero attached hydrogens (tertiary/aromatic N) is 3. The molecule has 0 aliphatic heterocycles. The summed E-state index contributed by atoms with van der Waals surface area (Å²) < 4.78 is 1.82. The number of rotatable bonds is 4. The van der Waals surface area contributed by atoms with Crippen molar-refractivity contribution < 1.29 is 0 Å². The van der Waals surface area contributed by atoms with Crippen LogP contribution in [0.1, 0.15) is 11.3 Å². The van der Waals surface area contributed by atoms with Crippen LogP contribution in [0.15, 0.2) is 35.4 Å². The number of hydrogen-bond acceptors (Lipinski definition) is 4. The van der Waals surface area contributed by atoms with E-state index in [4.69, 9.17) is 0 Å². The molecule has 0 saturated carbocycles. The summed E-state index contributed by atoms with van der Waals surface area (Å²) in [6.07, 6.45) is 3.74. The van der Waals surface area contributed by atoms with Gasteiger partial charge in [-0.1, -0.05) is 6.07 Å². The van der Waals surface area contributed by atoms with Gasteiger partial charge < -0.3 is 5.32 Å². The fraction of sp³-hybridized carbons (Fsp3) is 0.231. The number of aryl methyl sites for hydroxylation is 1. The lowest BCUT2D eigenvalue weighted by molar-refractivity contribution is 0.720. The third kappa shape index (κ3) is 2.49. The first kappa shape index (κ1) is 12.5. The van der Waals surface area contributed by atoms with E-state index < -0.39 is 0 Å². The number of hydrogen-bond donors (Lipinski definition) is 1. The van der Waals surface area contributed by atoms with Crippen molar-refractivity contribution in [1.29, 1.82) is 5.26 Å². The van der Waals surface area contributed by atoms with E-state index >= 15 is 0 Å². The van der Waals surface area contributed by atoms with Crippen LogP contribution in [0.3, 0.4) is 0 Å². The molecule has 1 N–H and O–H groups in total. The van der Waals surface area contributed by atoms with E-state index in [0.717, 1.165) is 16.3 Å². The molecule has 4 nitrogen and oxygen atoms in total. The van der Waals surface area contributed by atoms with Gasteiger partial charge in [-0.15, -0.1) is 11.8 Å². The van der Waals surface area contributed by atoms with Gasteiger partial charge in [-0.2, -0.15) is 10.4 Å². The molecule has 0 aliphatic rings.